The Labute approximate surface area is 109 Å². The van der Waals surface area contributed by atoms with Crippen molar-refractivity contribution in [1.29, 1.82) is 0 Å². The van der Waals surface area contributed by atoms with Crippen molar-refractivity contribution in [1.82, 2.24) is 9.55 Å². The first kappa shape index (κ1) is 12.8. The average Bonchev–Trinajstić information content (AvgIpc) is 2.79. The van der Waals surface area contributed by atoms with E-state index < -0.39 is 5.82 Å². The number of aryl methyl sites for hydroxylation is 1. The fourth-order valence-corrected chi connectivity index (χ4v) is 1.93. The molecular formula is C13H12ClFN2O. The minimum Gasteiger partial charge on any atom is -0.335 e. The van der Waals surface area contributed by atoms with Crippen LogP contribution in [-0.2, 0) is 13.0 Å². The highest BCUT2D eigenvalue weighted by molar-refractivity contribution is 6.31. The molecule has 0 saturated carbocycles. The summed E-state index contributed by atoms with van der Waals surface area (Å²) in [7, 11) is 0. The number of rotatable bonds is 4. The SMILES string of the molecule is CCn1ccnc1CC(=O)c1cccc(Cl)c1F. The van der Waals surface area contributed by atoms with Gasteiger partial charge in [-0.2, -0.15) is 0 Å². The van der Waals surface area contributed by atoms with Gasteiger partial charge in [0.05, 0.1) is 17.0 Å². The molecule has 0 aliphatic carbocycles. The van der Waals surface area contributed by atoms with Gasteiger partial charge in [0.15, 0.2) is 11.6 Å². The van der Waals surface area contributed by atoms with Crippen LogP contribution in [0.5, 0.6) is 0 Å². The van der Waals surface area contributed by atoms with E-state index in [0.29, 0.717) is 5.82 Å². The summed E-state index contributed by atoms with van der Waals surface area (Å²) >= 11 is 5.65. The smallest absolute Gasteiger partial charge is 0.173 e. The zero-order valence-electron chi connectivity index (χ0n) is 9.86. The lowest BCUT2D eigenvalue weighted by atomic mass is 10.1. The Hall–Kier alpha value is -1.68. The predicted octanol–water partition coefficient (Wildman–Crippen LogP) is 3.12. The minimum atomic E-state index is -0.668. The zero-order chi connectivity index (χ0) is 13.1. The van der Waals surface area contributed by atoms with Gasteiger partial charge in [-0.15, -0.1) is 0 Å². The molecular weight excluding hydrogens is 255 g/mol. The molecule has 94 valence electrons. The molecule has 0 unspecified atom stereocenters. The summed E-state index contributed by atoms with van der Waals surface area (Å²) in [4.78, 5) is 16.1. The molecule has 0 bridgehead atoms. The van der Waals surface area contributed by atoms with Crippen LogP contribution in [0.15, 0.2) is 30.6 Å². The number of hydrogen-bond acceptors (Lipinski definition) is 2. The third-order valence-electron chi connectivity index (χ3n) is 2.71. The first-order valence-electron chi connectivity index (χ1n) is 5.60. The Morgan fingerprint density at radius 3 is 3.00 bits per heavy atom. The number of carbonyl (C=O) groups is 1. The van der Waals surface area contributed by atoms with Crippen molar-refractivity contribution in [2.75, 3.05) is 0 Å². The number of nitrogens with zero attached hydrogens (tertiary/aromatic N) is 2. The fourth-order valence-electron chi connectivity index (χ4n) is 1.75. The fraction of sp³-hybridized carbons (Fsp3) is 0.231. The summed E-state index contributed by atoms with van der Waals surface area (Å²) in [6.45, 7) is 2.68. The lowest BCUT2D eigenvalue weighted by Crippen LogP contribution is -2.11. The predicted molar refractivity (Wildman–Crippen MR) is 67.3 cm³/mol. The van der Waals surface area contributed by atoms with Crippen LogP contribution in [0.3, 0.4) is 0 Å². The molecule has 2 aromatic rings. The van der Waals surface area contributed by atoms with Gasteiger partial charge in [0, 0.05) is 18.9 Å². The minimum absolute atomic E-state index is 0.00755. The second kappa shape index (κ2) is 5.31. The van der Waals surface area contributed by atoms with Crippen molar-refractivity contribution in [2.24, 2.45) is 0 Å². The molecule has 0 fully saturated rings. The molecule has 1 heterocycles. The van der Waals surface area contributed by atoms with Gasteiger partial charge in [0.2, 0.25) is 0 Å². The van der Waals surface area contributed by atoms with Crippen LogP contribution in [-0.4, -0.2) is 15.3 Å². The highest BCUT2D eigenvalue weighted by atomic mass is 35.5. The van der Waals surface area contributed by atoms with E-state index in [4.69, 9.17) is 11.6 Å². The first-order chi connectivity index (χ1) is 8.63. The van der Waals surface area contributed by atoms with Crippen LogP contribution in [0.25, 0.3) is 0 Å². The maximum Gasteiger partial charge on any atom is 0.173 e. The zero-order valence-corrected chi connectivity index (χ0v) is 10.6. The molecule has 3 nitrogen and oxygen atoms in total. The molecule has 0 aliphatic rings. The lowest BCUT2D eigenvalue weighted by molar-refractivity contribution is 0.0986. The summed E-state index contributed by atoms with van der Waals surface area (Å²) in [5, 5.41) is -0.0420. The normalized spacial score (nSPS) is 10.6. The van der Waals surface area contributed by atoms with Gasteiger partial charge < -0.3 is 4.57 Å². The Kier molecular flexibility index (Phi) is 3.77. The van der Waals surface area contributed by atoms with E-state index in [1.807, 2.05) is 11.5 Å². The molecule has 0 spiro atoms. The van der Waals surface area contributed by atoms with Gasteiger partial charge in [-0.3, -0.25) is 4.79 Å². The van der Waals surface area contributed by atoms with Gasteiger partial charge in [-0.25, -0.2) is 9.37 Å². The number of Topliss-reactive ketones (excluding diaryl/α,β-unsaturated/α-hetero) is 1. The number of carbonyl (C=O) groups excluding carboxylic acids is 1. The quantitative estimate of drug-likeness (QED) is 0.797. The number of halogens is 2. The summed E-state index contributed by atoms with van der Waals surface area (Å²) in [6.07, 6.45) is 3.48. The third kappa shape index (κ3) is 2.43. The largest absolute Gasteiger partial charge is 0.335 e. The van der Waals surface area contributed by atoms with E-state index in [-0.39, 0.29) is 22.8 Å². The molecule has 1 aromatic heterocycles. The molecule has 0 amide bonds. The van der Waals surface area contributed by atoms with Crippen LogP contribution < -0.4 is 0 Å². The van der Waals surface area contributed by atoms with Crippen LogP contribution in [0.4, 0.5) is 4.39 Å². The van der Waals surface area contributed by atoms with Gasteiger partial charge in [0.25, 0.3) is 0 Å². The Morgan fingerprint density at radius 2 is 2.28 bits per heavy atom. The molecule has 0 saturated heterocycles. The highest BCUT2D eigenvalue weighted by Gasteiger charge is 2.16. The summed E-state index contributed by atoms with van der Waals surface area (Å²) in [6, 6.07) is 4.41. The summed E-state index contributed by atoms with van der Waals surface area (Å²) in [5.41, 5.74) is 0.00755. The Bertz CT molecular complexity index is 580. The molecule has 1 aromatic carbocycles. The molecule has 5 heteroatoms. The molecule has 0 atom stereocenters. The number of ketones is 1. The molecule has 18 heavy (non-hydrogen) atoms. The van der Waals surface area contributed by atoms with Crippen LogP contribution >= 0.6 is 11.6 Å². The Morgan fingerprint density at radius 1 is 1.50 bits per heavy atom. The van der Waals surface area contributed by atoms with Crippen molar-refractivity contribution < 1.29 is 9.18 Å². The van der Waals surface area contributed by atoms with Gasteiger partial charge >= 0.3 is 0 Å². The summed E-state index contributed by atoms with van der Waals surface area (Å²) < 4.78 is 15.5. The number of aromatic nitrogens is 2. The lowest BCUT2D eigenvalue weighted by Gasteiger charge is -2.05. The third-order valence-corrected chi connectivity index (χ3v) is 3.00. The van der Waals surface area contributed by atoms with E-state index in [1.54, 1.807) is 18.5 Å². The average molecular weight is 267 g/mol. The van der Waals surface area contributed by atoms with Crippen molar-refractivity contribution in [3.05, 3.63) is 52.8 Å². The number of imidazole rings is 1. The van der Waals surface area contributed by atoms with E-state index in [0.717, 1.165) is 6.54 Å². The molecule has 0 N–H and O–H groups in total. The van der Waals surface area contributed by atoms with Gasteiger partial charge in [-0.05, 0) is 19.1 Å². The second-order valence-corrected chi connectivity index (χ2v) is 4.24. The van der Waals surface area contributed by atoms with Gasteiger partial charge in [0.1, 0.15) is 5.82 Å². The standard InChI is InChI=1S/C13H12ClFN2O/c1-2-17-7-6-16-12(17)8-11(18)9-4-3-5-10(14)13(9)15/h3-7H,2,8H2,1H3. The van der Waals surface area contributed by atoms with Gasteiger partial charge in [-0.1, -0.05) is 17.7 Å². The van der Waals surface area contributed by atoms with E-state index in [1.165, 1.54) is 12.1 Å². The van der Waals surface area contributed by atoms with E-state index in [9.17, 15) is 9.18 Å². The van der Waals surface area contributed by atoms with E-state index in [2.05, 4.69) is 4.98 Å². The number of benzene rings is 1. The van der Waals surface area contributed by atoms with E-state index >= 15 is 0 Å². The van der Waals surface area contributed by atoms with Crippen molar-refractivity contribution >= 4 is 17.4 Å². The molecule has 0 radical (unpaired) electrons. The maximum atomic E-state index is 13.7. The van der Waals surface area contributed by atoms with Crippen molar-refractivity contribution in [3.8, 4) is 0 Å². The van der Waals surface area contributed by atoms with Crippen LogP contribution in [0.2, 0.25) is 5.02 Å². The Balaban J connectivity index is 2.25. The van der Waals surface area contributed by atoms with Crippen molar-refractivity contribution in [2.45, 2.75) is 19.9 Å². The maximum absolute atomic E-state index is 13.7. The molecule has 0 aliphatic heterocycles. The topological polar surface area (TPSA) is 34.9 Å². The van der Waals surface area contributed by atoms with Crippen molar-refractivity contribution in [3.63, 3.8) is 0 Å². The number of hydrogen-bond donors (Lipinski definition) is 0. The summed E-state index contributed by atoms with van der Waals surface area (Å²) in [5.74, 6) is -0.364. The van der Waals surface area contributed by atoms with Crippen LogP contribution in [0.1, 0.15) is 23.1 Å². The highest BCUT2D eigenvalue weighted by Crippen LogP contribution is 2.19. The molecule has 2 rings (SSSR count). The van der Waals surface area contributed by atoms with Crippen LogP contribution in [0, 0.1) is 5.82 Å². The monoisotopic (exact) mass is 266 g/mol. The second-order valence-electron chi connectivity index (χ2n) is 3.83. The first-order valence-corrected chi connectivity index (χ1v) is 5.98.